The van der Waals surface area contributed by atoms with Gasteiger partial charge in [-0.1, -0.05) is 190 Å². The van der Waals surface area contributed by atoms with Gasteiger partial charge in [-0.3, -0.25) is 9.59 Å². The number of hydrogen-bond acceptors (Lipinski definition) is 9. The maximum absolute atomic E-state index is 14.1. The fourth-order valence-corrected chi connectivity index (χ4v) is 8.42. The lowest BCUT2D eigenvalue weighted by Gasteiger charge is -2.50. The Balaban J connectivity index is 1.40. The first-order valence-corrected chi connectivity index (χ1v) is 24.1. The summed E-state index contributed by atoms with van der Waals surface area (Å²) in [6.07, 6.45) is 18.5. The van der Waals surface area contributed by atoms with Gasteiger partial charge in [0.15, 0.2) is 18.2 Å². The van der Waals surface area contributed by atoms with Gasteiger partial charge in [-0.25, -0.2) is 0 Å². The molecule has 0 spiro atoms. The number of esters is 1. The van der Waals surface area contributed by atoms with Crippen LogP contribution in [0.1, 0.15) is 180 Å². The van der Waals surface area contributed by atoms with E-state index < -0.39 is 42.4 Å². The van der Waals surface area contributed by atoms with Crippen molar-refractivity contribution in [3.63, 3.8) is 0 Å². The number of carbonyl (C=O) groups is 2. The van der Waals surface area contributed by atoms with Crippen LogP contribution in [0, 0.1) is 0 Å². The third-order valence-electron chi connectivity index (χ3n) is 12.0. The zero-order valence-electron chi connectivity index (χ0n) is 38.2. The Morgan fingerprint density at radius 1 is 0.689 bits per heavy atom. The second-order valence-electron chi connectivity index (χ2n) is 17.9. The molecule has 2 aromatic rings. The molecule has 10 heteroatoms. The fourth-order valence-electron chi connectivity index (χ4n) is 8.42. The number of rotatable bonds is 32. The molecule has 2 aliphatic heterocycles. The van der Waals surface area contributed by atoms with Crippen LogP contribution in [-0.2, 0) is 51.2 Å². The van der Waals surface area contributed by atoms with Gasteiger partial charge in [-0.2, -0.15) is 0 Å². The number of unbranched alkanes of at least 4 members (excludes halogenated alkanes) is 16. The van der Waals surface area contributed by atoms with Crippen LogP contribution < -0.4 is 5.32 Å². The molecule has 0 aliphatic carbocycles. The lowest BCUT2D eigenvalue weighted by molar-refractivity contribution is -0.362. The van der Waals surface area contributed by atoms with Crippen molar-refractivity contribution in [2.45, 2.75) is 231 Å². The highest BCUT2D eigenvalue weighted by molar-refractivity contribution is 5.77. The van der Waals surface area contributed by atoms with Crippen LogP contribution in [-0.4, -0.2) is 72.2 Å². The topological polar surface area (TPSA) is 122 Å². The molecule has 2 aliphatic rings. The molecule has 0 bridgehead atoms. The zero-order valence-corrected chi connectivity index (χ0v) is 38.2. The Labute approximate surface area is 368 Å². The van der Waals surface area contributed by atoms with E-state index in [1.807, 2.05) is 60.7 Å². The van der Waals surface area contributed by atoms with Gasteiger partial charge >= 0.3 is 5.97 Å². The summed E-state index contributed by atoms with van der Waals surface area (Å²) in [5.41, 5.74) is 2.07. The molecule has 0 radical (unpaired) electrons. The van der Waals surface area contributed by atoms with Crippen LogP contribution in [0.2, 0.25) is 0 Å². The number of hydrogen-bond donors (Lipinski definition) is 2. The summed E-state index contributed by atoms with van der Waals surface area (Å²) >= 11 is 0. The van der Waals surface area contributed by atoms with Gasteiger partial charge < -0.3 is 38.8 Å². The maximum atomic E-state index is 14.1. The number of aliphatic hydroxyl groups excluding tert-OH is 1. The van der Waals surface area contributed by atoms with Crippen molar-refractivity contribution in [3.05, 3.63) is 71.8 Å². The van der Waals surface area contributed by atoms with Crippen LogP contribution >= 0.6 is 0 Å². The summed E-state index contributed by atoms with van der Waals surface area (Å²) in [4.78, 5) is 27.9. The van der Waals surface area contributed by atoms with Gasteiger partial charge in [0.2, 0.25) is 5.91 Å². The molecule has 10 nitrogen and oxygen atoms in total. The first kappa shape index (κ1) is 50.8. The standard InChI is InChI=1S/C51H81NO9/c1-5-7-9-11-13-15-17-19-27-33-42(56-37-40-29-23-21-24-30-40)35-45(53)52-47-48-44(39-58-51(3,4)61-48)59-50(55)49(47)60-46(54)36-43(57-38-41-31-25-22-26-32-41)34-28-20-18-16-14-12-10-8-6-2/h21-26,29-32,42-44,47-50,55H,5-20,27-28,33-39H2,1-4H3,(H,52,53)/t42-,43-,44-,47+,48-,49-,50?/m1/s1. The first-order valence-electron chi connectivity index (χ1n) is 24.1. The highest BCUT2D eigenvalue weighted by atomic mass is 16.7. The Morgan fingerprint density at radius 2 is 1.15 bits per heavy atom. The number of nitrogens with one attached hydrogen (secondary N) is 1. The largest absolute Gasteiger partial charge is 0.455 e. The van der Waals surface area contributed by atoms with Crippen LogP contribution in [0.5, 0.6) is 0 Å². The number of ether oxygens (including phenoxy) is 6. The Bertz CT molecular complexity index is 1440. The molecule has 4 rings (SSSR count). The quantitative estimate of drug-likeness (QED) is 0.0547. The third kappa shape index (κ3) is 20.5. The Morgan fingerprint density at radius 3 is 1.64 bits per heavy atom. The molecule has 0 aromatic heterocycles. The van der Waals surface area contributed by atoms with Gasteiger partial charge in [0.1, 0.15) is 12.2 Å². The van der Waals surface area contributed by atoms with E-state index in [0.29, 0.717) is 19.6 Å². The van der Waals surface area contributed by atoms with E-state index in [4.69, 9.17) is 28.4 Å². The van der Waals surface area contributed by atoms with Crippen molar-refractivity contribution in [2.24, 2.45) is 0 Å². The summed E-state index contributed by atoms with van der Waals surface area (Å²) in [5.74, 6) is -1.77. The summed E-state index contributed by atoms with van der Waals surface area (Å²) in [5, 5.41) is 14.5. The van der Waals surface area contributed by atoms with Crippen molar-refractivity contribution in [3.8, 4) is 0 Å². The maximum Gasteiger partial charge on any atom is 0.308 e. The van der Waals surface area contributed by atoms with E-state index in [1.54, 1.807) is 13.8 Å². The van der Waals surface area contributed by atoms with Crippen molar-refractivity contribution < 1.29 is 43.1 Å². The molecular formula is C51H81NO9. The molecule has 1 unspecified atom stereocenters. The molecule has 61 heavy (non-hydrogen) atoms. The average Bonchev–Trinajstić information content (AvgIpc) is 3.25. The van der Waals surface area contributed by atoms with Crippen molar-refractivity contribution in [2.75, 3.05) is 6.61 Å². The second-order valence-corrected chi connectivity index (χ2v) is 17.9. The molecule has 7 atom stereocenters. The van der Waals surface area contributed by atoms with Gasteiger partial charge in [0.05, 0.1) is 50.9 Å². The van der Waals surface area contributed by atoms with E-state index in [-0.39, 0.29) is 37.6 Å². The van der Waals surface area contributed by atoms with E-state index in [1.165, 1.54) is 83.5 Å². The summed E-state index contributed by atoms with van der Waals surface area (Å²) in [7, 11) is 0. The molecular weight excluding hydrogens is 771 g/mol. The van der Waals surface area contributed by atoms with Crippen LogP contribution in [0.4, 0.5) is 0 Å². The lowest BCUT2D eigenvalue weighted by Crippen LogP contribution is -2.69. The Kier molecular flexibility index (Phi) is 24.6. The van der Waals surface area contributed by atoms with Crippen molar-refractivity contribution >= 4 is 11.9 Å². The number of aliphatic hydroxyl groups is 1. The van der Waals surface area contributed by atoms with E-state index >= 15 is 0 Å². The van der Waals surface area contributed by atoms with E-state index in [9.17, 15) is 14.7 Å². The van der Waals surface area contributed by atoms with E-state index in [2.05, 4.69) is 19.2 Å². The molecule has 2 N–H and O–H groups in total. The predicted octanol–water partition coefficient (Wildman–Crippen LogP) is 11.0. The summed E-state index contributed by atoms with van der Waals surface area (Å²) in [6.45, 7) is 9.01. The highest BCUT2D eigenvalue weighted by Gasteiger charge is 2.53. The van der Waals surface area contributed by atoms with Crippen LogP contribution in [0.25, 0.3) is 0 Å². The average molecular weight is 852 g/mol. The molecule has 2 fully saturated rings. The molecule has 2 heterocycles. The van der Waals surface area contributed by atoms with Crippen molar-refractivity contribution in [1.82, 2.24) is 5.32 Å². The van der Waals surface area contributed by atoms with Crippen LogP contribution in [0.15, 0.2) is 60.7 Å². The first-order chi connectivity index (χ1) is 29.7. The minimum absolute atomic E-state index is 0.00539. The molecule has 0 saturated carbocycles. The van der Waals surface area contributed by atoms with Crippen LogP contribution in [0.3, 0.4) is 0 Å². The second kappa shape index (κ2) is 29.5. The third-order valence-corrected chi connectivity index (χ3v) is 12.0. The van der Waals surface area contributed by atoms with Gasteiger partial charge in [0, 0.05) is 0 Å². The predicted molar refractivity (Wildman–Crippen MR) is 241 cm³/mol. The zero-order chi connectivity index (χ0) is 43.5. The molecule has 2 saturated heterocycles. The van der Waals surface area contributed by atoms with E-state index in [0.717, 1.165) is 49.7 Å². The Hall–Kier alpha value is -2.86. The summed E-state index contributed by atoms with van der Waals surface area (Å²) in [6, 6.07) is 19.0. The van der Waals surface area contributed by atoms with Gasteiger partial charge in [-0.15, -0.1) is 0 Å². The SMILES string of the molecule is CCCCCCCCCCC[C@H](CC(=O)N[C@H]1[C@@H]2OC(C)(C)OC[C@H]2OC(O)[C@@H]1OC(=O)C[C@@H](CCCCCCCCCCC)OCc1ccccc1)OCc1ccccc1. The highest BCUT2D eigenvalue weighted by Crippen LogP contribution is 2.34. The summed E-state index contributed by atoms with van der Waals surface area (Å²) < 4.78 is 37.0. The minimum atomic E-state index is -1.50. The van der Waals surface area contributed by atoms with Crippen molar-refractivity contribution in [1.29, 1.82) is 0 Å². The van der Waals surface area contributed by atoms with Gasteiger partial charge in [0.25, 0.3) is 0 Å². The number of carbonyl (C=O) groups excluding carboxylic acids is 2. The molecule has 2 aromatic carbocycles. The molecule has 344 valence electrons. The normalized spacial score (nSPS) is 22.0. The van der Waals surface area contributed by atoms with Gasteiger partial charge in [-0.05, 0) is 37.8 Å². The fraction of sp³-hybridized carbons (Fsp3) is 0.725. The number of fused-ring (bicyclic) bond motifs is 1. The number of benzene rings is 2. The monoisotopic (exact) mass is 852 g/mol. The smallest absolute Gasteiger partial charge is 0.308 e. The lowest BCUT2D eigenvalue weighted by atomic mass is 9.94. The minimum Gasteiger partial charge on any atom is -0.455 e. The number of amides is 1. The molecule has 1 amide bonds.